The molecule has 112 valence electrons. The third-order valence-corrected chi connectivity index (χ3v) is 4.80. The number of rotatable bonds is 2. The average Bonchev–Trinajstić information content (AvgIpc) is 3.25. The van der Waals surface area contributed by atoms with Crippen molar-refractivity contribution in [1.82, 2.24) is 0 Å². The molecular formula is C18H12N2O3. The summed E-state index contributed by atoms with van der Waals surface area (Å²) in [4.78, 5) is 23.7. The minimum absolute atomic E-state index is 0.0144. The van der Waals surface area contributed by atoms with Crippen LogP contribution in [0.25, 0.3) is 0 Å². The molecule has 0 saturated heterocycles. The first-order valence-electron chi connectivity index (χ1n) is 7.25. The Balaban J connectivity index is 1.76. The fourth-order valence-corrected chi connectivity index (χ4v) is 3.52. The van der Waals surface area contributed by atoms with E-state index in [0.717, 1.165) is 11.1 Å². The number of carbonyl (C=O) groups is 2. The molecule has 1 spiro atoms. The van der Waals surface area contributed by atoms with Gasteiger partial charge in [-0.3, -0.25) is 4.79 Å². The predicted octanol–water partition coefficient (Wildman–Crippen LogP) is 2.63. The van der Waals surface area contributed by atoms with Crippen molar-refractivity contribution in [3.8, 4) is 6.07 Å². The Morgan fingerprint density at radius 2 is 2.00 bits per heavy atom. The Morgan fingerprint density at radius 1 is 1.26 bits per heavy atom. The van der Waals surface area contributed by atoms with Crippen LogP contribution in [0.5, 0.6) is 0 Å². The second-order valence-corrected chi connectivity index (χ2v) is 5.98. The van der Waals surface area contributed by atoms with Gasteiger partial charge in [0, 0.05) is 11.6 Å². The van der Waals surface area contributed by atoms with Gasteiger partial charge in [0.1, 0.15) is 0 Å². The van der Waals surface area contributed by atoms with E-state index in [1.54, 1.807) is 24.3 Å². The summed E-state index contributed by atoms with van der Waals surface area (Å²) in [5, 5.41) is 20.9. The molecule has 0 aromatic heterocycles. The van der Waals surface area contributed by atoms with E-state index in [1.165, 1.54) is 6.07 Å². The normalized spacial score (nSPS) is 24.0. The highest BCUT2D eigenvalue weighted by Gasteiger charge is 2.65. The quantitative estimate of drug-likeness (QED) is 0.892. The Morgan fingerprint density at radius 3 is 2.65 bits per heavy atom. The molecule has 0 bridgehead atoms. The van der Waals surface area contributed by atoms with Gasteiger partial charge in [-0.25, -0.2) is 4.79 Å². The molecule has 1 heterocycles. The highest BCUT2D eigenvalue weighted by molar-refractivity contribution is 6.10. The fraction of sp³-hybridized carbons (Fsp3) is 0.167. The lowest BCUT2D eigenvalue weighted by atomic mass is 9.91. The Bertz CT molecular complexity index is 895. The van der Waals surface area contributed by atoms with E-state index in [9.17, 15) is 14.7 Å². The third kappa shape index (κ3) is 1.78. The number of nitrogens with one attached hydrogen (secondary N) is 1. The maximum Gasteiger partial charge on any atom is 0.335 e. The van der Waals surface area contributed by atoms with Crippen LogP contribution in [0.2, 0.25) is 0 Å². The summed E-state index contributed by atoms with van der Waals surface area (Å²) in [7, 11) is 0. The van der Waals surface area contributed by atoms with Gasteiger partial charge >= 0.3 is 5.97 Å². The van der Waals surface area contributed by atoms with Crippen LogP contribution < -0.4 is 5.32 Å². The van der Waals surface area contributed by atoms with Gasteiger partial charge in [-0.15, -0.1) is 0 Å². The first-order valence-corrected chi connectivity index (χ1v) is 7.25. The number of benzene rings is 2. The minimum atomic E-state index is -1.00. The number of hydrogen-bond acceptors (Lipinski definition) is 3. The first kappa shape index (κ1) is 13.5. The lowest BCUT2D eigenvalue weighted by Gasteiger charge is -2.09. The van der Waals surface area contributed by atoms with Crippen molar-refractivity contribution in [3.05, 3.63) is 64.7 Å². The summed E-state index contributed by atoms with van der Waals surface area (Å²) < 4.78 is 0. The van der Waals surface area contributed by atoms with Crippen LogP contribution in [0.3, 0.4) is 0 Å². The Labute approximate surface area is 132 Å². The second kappa shape index (κ2) is 4.43. The van der Waals surface area contributed by atoms with Crippen molar-refractivity contribution in [1.29, 1.82) is 5.26 Å². The number of anilines is 1. The van der Waals surface area contributed by atoms with Gasteiger partial charge in [-0.2, -0.15) is 5.26 Å². The summed E-state index contributed by atoms with van der Waals surface area (Å²) in [6, 6.07) is 14.0. The van der Waals surface area contributed by atoms with E-state index in [0.29, 0.717) is 17.7 Å². The molecule has 1 amide bonds. The zero-order valence-corrected chi connectivity index (χ0v) is 12.0. The van der Waals surface area contributed by atoms with Crippen LogP contribution in [-0.2, 0) is 10.2 Å². The SMILES string of the molecule is N#Cc1ccc(C2CC23C(=O)Nc2ccc(C(=O)O)cc23)cc1. The largest absolute Gasteiger partial charge is 0.478 e. The zero-order chi connectivity index (χ0) is 16.2. The number of hydrogen-bond donors (Lipinski definition) is 2. The average molecular weight is 304 g/mol. The van der Waals surface area contributed by atoms with Crippen LogP contribution in [0.15, 0.2) is 42.5 Å². The highest BCUT2D eigenvalue weighted by Crippen LogP contribution is 2.64. The Hall–Kier alpha value is -3.13. The number of carbonyl (C=O) groups excluding carboxylic acids is 1. The fourth-order valence-electron chi connectivity index (χ4n) is 3.52. The van der Waals surface area contributed by atoms with E-state index in [1.807, 2.05) is 12.1 Å². The summed E-state index contributed by atoms with van der Waals surface area (Å²) in [6.07, 6.45) is 0.654. The molecule has 23 heavy (non-hydrogen) atoms. The molecule has 2 aromatic rings. The number of aromatic carboxylic acids is 1. The van der Waals surface area contributed by atoms with Crippen LogP contribution >= 0.6 is 0 Å². The molecule has 5 heteroatoms. The van der Waals surface area contributed by atoms with Crippen LogP contribution in [0, 0.1) is 11.3 Å². The zero-order valence-electron chi connectivity index (χ0n) is 12.0. The van der Waals surface area contributed by atoms with Gasteiger partial charge in [-0.05, 0) is 47.9 Å². The third-order valence-electron chi connectivity index (χ3n) is 4.80. The maximum atomic E-state index is 12.5. The van der Waals surface area contributed by atoms with E-state index in [-0.39, 0.29) is 17.4 Å². The van der Waals surface area contributed by atoms with Gasteiger partial charge in [0.25, 0.3) is 0 Å². The molecule has 4 rings (SSSR count). The summed E-state index contributed by atoms with van der Waals surface area (Å²) in [6.45, 7) is 0. The molecule has 2 aliphatic rings. The number of fused-ring (bicyclic) bond motifs is 2. The van der Waals surface area contributed by atoms with Gasteiger partial charge in [0.15, 0.2) is 0 Å². The topological polar surface area (TPSA) is 90.2 Å². The summed E-state index contributed by atoms with van der Waals surface area (Å²) in [5.74, 6) is -1.07. The van der Waals surface area contributed by atoms with Crippen LogP contribution in [0.1, 0.15) is 39.4 Å². The van der Waals surface area contributed by atoms with Gasteiger partial charge in [0.05, 0.1) is 22.6 Å². The van der Waals surface area contributed by atoms with Gasteiger partial charge in [-0.1, -0.05) is 12.1 Å². The summed E-state index contributed by atoms with van der Waals surface area (Å²) >= 11 is 0. The van der Waals surface area contributed by atoms with E-state index < -0.39 is 11.4 Å². The molecule has 1 aliphatic heterocycles. The van der Waals surface area contributed by atoms with E-state index in [2.05, 4.69) is 11.4 Å². The molecular weight excluding hydrogens is 292 g/mol. The molecule has 2 N–H and O–H groups in total. The smallest absolute Gasteiger partial charge is 0.335 e. The highest BCUT2D eigenvalue weighted by atomic mass is 16.4. The predicted molar refractivity (Wildman–Crippen MR) is 82.2 cm³/mol. The molecule has 1 saturated carbocycles. The molecule has 2 aromatic carbocycles. The molecule has 2 unspecified atom stereocenters. The second-order valence-electron chi connectivity index (χ2n) is 5.98. The van der Waals surface area contributed by atoms with Crippen LogP contribution in [-0.4, -0.2) is 17.0 Å². The molecule has 5 nitrogen and oxygen atoms in total. The Kier molecular flexibility index (Phi) is 2.61. The lowest BCUT2D eigenvalue weighted by Crippen LogP contribution is -2.21. The molecule has 1 fully saturated rings. The number of nitriles is 1. The van der Waals surface area contributed by atoms with Crippen molar-refractivity contribution in [2.45, 2.75) is 17.8 Å². The molecule has 2 atom stereocenters. The van der Waals surface area contributed by atoms with Crippen molar-refractivity contribution in [2.75, 3.05) is 5.32 Å². The van der Waals surface area contributed by atoms with Crippen LogP contribution in [0.4, 0.5) is 5.69 Å². The van der Waals surface area contributed by atoms with E-state index in [4.69, 9.17) is 5.26 Å². The number of nitrogens with zero attached hydrogens (tertiary/aromatic N) is 1. The monoisotopic (exact) mass is 304 g/mol. The summed E-state index contributed by atoms with van der Waals surface area (Å²) in [5.41, 5.74) is 2.54. The maximum absolute atomic E-state index is 12.5. The minimum Gasteiger partial charge on any atom is -0.478 e. The first-order chi connectivity index (χ1) is 11.1. The molecule has 0 radical (unpaired) electrons. The number of carboxylic acid groups (broad SMARTS) is 1. The van der Waals surface area contributed by atoms with E-state index >= 15 is 0 Å². The number of amides is 1. The van der Waals surface area contributed by atoms with Crippen molar-refractivity contribution in [2.24, 2.45) is 0 Å². The molecule has 1 aliphatic carbocycles. The van der Waals surface area contributed by atoms with Gasteiger partial charge in [0.2, 0.25) is 5.91 Å². The number of carboxylic acids is 1. The van der Waals surface area contributed by atoms with Crippen molar-refractivity contribution in [3.63, 3.8) is 0 Å². The van der Waals surface area contributed by atoms with Gasteiger partial charge < -0.3 is 10.4 Å². The van der Waals surface area contributed by atoms with Crippen molar-refractivity contribution >= 4 is 17.6 Å². The standard InChI is InChI=1S/C18H12N2O3/c19-9-10-1-3-11(4-2-10)14-8-18(14)13-7-12(16(21)22)5-6-15(13)20-17(18)23/h1-7,14H,8H2,(H,20,23)(H,21,22). The van der Waals surface area contributed by atoms with Crippen molar-refractivity contribution < 1.29 is 14.7 Å². The lowest BCUT2D eigenvalue weighted by molar-refractivity contribution is -0.118.